The highest BCUT2D eigenvalue weighted by Crippen LogP contribution is 2.18. The van der Waals surface area contributed by atoms with E-state index in [0.29, 0.717) is 18.9 Å². The van der Waals surface area contributed by atoms with Crippen molar-refractivity contribution in [2.75, 3.05) is 0 Å². The Morgan fingerprint density at radius 2 is 1.85 bits per heavy atom. The summed E-state index contributed by atoms with van der Waals surface area (Å²) in [6, 6.07) is 9.91. The Balaban J connectivity index is 2.56. The summed E-state index contributed by atoms with van der Waals surface area (Å²) in [6.45, 7) is 6.11. The molecule has 0 aromatic heterocycles. The van der Waals surface area contributed by atoms with Crippen LogP contribution in [0.1, 0.15) is 45.6 Å². The van der Waals surface area contributed by atoms with Gasteiger partial charge in [-0.15, -0.1) is 0 Å². The van der Waals surface area contributed by atoms with Gasteiger partial charge in [0.25, 0.3) is 0 Å². The van der Waals surface area contributed by atoms with Crippen LogP contribution in [0, 0.1) is 5.92 Å². The summed E-state index contributed by atoms with van der Waals surface area (Å²) in [5.74, 6) is 0.187. The Kier molecular flexibility index (Phi) is 7.16. The molecule has 3 nitrogen and oxygen atoms in total. The van der Waals surface area contributed by atoms with E-state index in [0.717, 1.165) is 12.0 Å². The van der Waals surface area contributed by atoms with Crippen molar-refractivity contribution in [2.24, 2.45) is 5.92 Å². The van der Waals surface area contributed by atoms with Crippen LogP contribution in [-0.2, 0) is 20.9 Å². The number of hydrogen-bond acceptors (Lipinski definition) is 3. The van der Waals surface area contributed by atoms with Crippen LogP contribution in [0.2, 0.25) is 0 Å². The molecule has 0 aliphatic rings. The van der Waals surface area contributed by atoms with E-state index >= 15 is 0 Å². The predicted molar refractivity (Wildman–Crippen MR) is 79.4 cm³/mol. The SMILES string of the molecule is CC[C@H](C)[C@H](CC(=O)CC(C)=O)OCc1ccccc1. The van der Waals surface area contributed by atoms with Crippen LogP contribution in [-0.4, -0.2) is 17.7 Å². The number of carbonyl (C=O) groups excluding carboxylic acids is 2. The molecule has 0 unspecified atom stereocenters. The smallest absolute Gasteiger partial charge is 0.142 e. The number of ether oxygens (including phenoxy) is 1. The first-order valence-corrected chi connectivity index (χ1v) is 7.19. The molecule has 0 bridgehead atoms. The Hall–Kier alpha value is -1.48. The van der Waals surface area contributed by atoms with Crippen molar-refractivity contribution in [1.82, 2.24) is 0 Å². The van der Waals surface area contributed by atoms with Gasteiger partial charge in [-0.05, 0) is 18.4 Å². The maximum atomic E-state index is 11.8. The van der Waals surface area contributed by atoms with E-state index in [-0.39, 0.29) is 24.1 Å². The van der Waals surface area contributed by atoms with Crippen LogP contribution in [0.25, 0.3) is 0 Å². The third-order valence-corrected chi connectivity index (χ3v) is 3.46. The Morgan fingerprint density at radius 1 is 1.20 bits per heavy atom. The summed E-state index contributed by atoms with van der Waals surface area (Å²) in [5.41, 5.74) is 1.10. The van der Waals surface area contributed by atoms with Gasteiger partial charge in [0.1, 0.15) is 11.6 Å². The monoisotopic (exact) mass is 276 g/mol. The van der Waals surface area contributed by atoms with Crippen molar-refractivity contribution < 1.29 is 14.3 Å². The number of rotatable bonds is 9. The molecule has 0 aliphatic heterocycles. The van der Waals surface area contributed by atoms with Crippen LogP contribution in [0.4, 0.5) is 0 Å². The molecule has 0 N–H and O–H groups in total. The van der Waals surface area contributed by atoms with E-state index < -0.39 is 0 Å². The van der Waals surface area contributed by atoms with Gasteiger partial charge in [-0.25, -0.2) is 0 Å². The third-order valence-electron chi connectivity index (χ3n) is 3.46. The van der Waals surface area contributed by atoms with Gasteiger partial charge in [0.05, 0.1) is 19.1 Å². The van der Waals surface area contributed by atoms with E-state index in [1.165, 1.54) is 6.92 Å². The zero-order chi connectivity index (χ0) is 15.0. The molecule has 1 aromatic rings. The summed E-state index contributed by atoms with van der Waals surface area (Å²) in [6.07, 6.45) is 1.17. The Labute approximate surface area is 121 Å². The molecule has 0 saturated heterocycles. The molecule has 2 atom stereocenters. The number of hydrogen-bond donors (Lipinski definition) is 0. The molecule has 3 heteroatoms. The molecule has 0 aliphatic carbocycles. The Morgan fingerprint density at radius 3 is 2.40 bits per heavy atom. The molecule has 0 radical (unpaired) electrons. The minimum Gasteiger partial charge on any atom is -0.373 e. The lowest BCUT2D eigenvalue weighted by Gasteiger charge is -2.23. The van der Waals surface area contributed by atoms with Crippen LogP contribution >= 0.6 is 0 Å². The second-order valence-corrected chi connectivity index (χ2v) is 5.34. The number of Topliss-reactive ketones (excluding diaryl/α,β-unsaturated/α-hetero) is 2. The predicted octanol–water partition coefficient (Wildman–Crippen LogP) is 3.56. The van der Waals surface area contributed by atoms with E-state index in [1.54, 1.807) is 0 Å². The Bertz CT molecular complexity index is 425. The standard InChI is InChI=1S/C17H24O3/c1-4-13(2)17(11-16(19)10-14(3)18)20-12-15-8-6-5-7-9-15/h5-9,13,17H,4,10-12H2,1-3H3/t13-,17-/m0/s1. The van der Waals surface area contributed by atoms with Crippen molar-refractivity contribution in [3.63, 3.8) is 0 Å². The van der Waals surface area contributed by atoms with E-state index in [4.69, 9.17) is 4.74 Å². The second-order valence-electron chi connectivity index (χ2n) is 5.34. The lowest BCUT2D eigenvalue weighted by molar-refractivity contribution is -0.128. The molecule has 110 valence electrons. The van der Waals surface area contributed by atoms with Crippen LogP contribution in [0.3, 0.4) is 0 Å². The maximum absolute atomic E-state index is 11.8. The van der Waals surface area contributed by atoms with Gasteiger partial charge in [0.2, 0.25) is 0 Å². The highest BCUT2D eigenvalue weighted by atomic mass is 16.5. The molecule has 0 fully saturated rings. The van der Waals surface area contributed by atoms with Crippen molar-refractivity contribution in [1.29, 1.82) is 0 Å². The van der Waals surface area contributed by atoms with Crippen molar-refractivity contribution in [3.8, 4) is 0 Å². The average Bonchev–Trinajstić information content (AvgIpc) is 2.42. The average molecular weight is 276 g/mol. The number of ketones is 2. The van der Waals surface area contributed by atoms with Gasteiger partial charge >= 0.3 is 0 Å². The topological polar surface area (TPSA) is 43.4 Å². The summed E-state index contributed by atoms with van der Waals surface area (Å²) in [5, 5.41) is 0. The minimum atomic E-state index is -0.118. The fourth-order valence-electron chi connectivity index (χ4n) is 2.04. The largest absolute Gasteiger partial charge is 0.373 e. The summed E-state index contributed by atoms with van der Waals surface area (Å²) in [7, 11) is 0. The first-order valence-electron chi connectivity index (χ1n) is 7.19. The molecular formula is C17H24O3. The fraction of sp³-hybridized carbons (Fsp3) is 0.529. The number of benzene rings is 1. The lowest BCUT2D eigenvalue weighted by atomic mass is 9.96. The van der Waals surface area contributed by atoms with Gasteiger partial charge in [-0.1, -0.05) is 50.6 Å². The summed E-state index contributed by atoms with van der Waals surface area (Å²) >= 11 is 0. The first-order chi connectivity index (χ1) is 9.52. The van der Waals surface area contributed by atoms with Crippen molar-refractivity contribution in [3.05, 3.63) is 35.9 Å². The van der Waals surface area contributed by atoms with Crippen LogP contribution in [0.5, 0.6) is 0 Å². The molecule has 0 saturated carbocycles. The summed E-state index contributed by atoms with van der Waals surface area (Å²) in [4.78, 5) is 22.8. The maximum Gasteiger partial charge on any atom is 0.142 e. The van der Waals surface area contributed by atoms with E-state index in [2.05, 4.69) is 13.8 Å². The highest BCUT2D eigenvalue weighted by molar-refractivity contribution is 5.98. The molecule has 0 spiro atoms. The molecule has 1 rings (SSSR count). The van der Waals surface area contributed by atoms with Gasteiger partial charge < -0.3 is 4.74 Å². The van der Waals surface area contributed by atoms with E-state index in [1.807, 2.05) is 30.3 Å². The molecule has 1 aromatic carbocycles. The second kappa shape index (κ2) is 8.64. The highest BCUT2D eigenvalue weighted by Gasteiger charge is 2.20. The van der Waals surface area contributed by atoms with Crippen molar-refractivity contribution >= 4 is 11.6 Å². The fourth-order valence-corrected chi connectivity index (χ4v) is 2.04. The summed E-state index contributed by atoms with van der Waals surface area (Å²) < 4.78 is 5.90. The quantitative estimate of drug-likeness (QED) is 0.648. The normalized spacial score (nSPS) is 13.8. The first kappa shape index (κ1) is 16.6. The zero-order valence-corrected chi connectivity index (χ0v) is 12.6. The van der Waals surface area contributed by atoms with E-state index in [9.17, 15) is 9.59 Å². The lowest BCUT2D eigenvalue weighted by Crippen LogP contribution is -2.25. The van der Waals surface area contributed by atoms with Crippen LogP contribution in [0.15, 0.2) is 30.3 Å². The van der Waals surface area contributed by atoms with Gasteiger partial charge in [0, 0.05) is 6.42 Å². The van der Waals surface area contributed by atoms with Gasteiger partial charge in [-0.3, -0.25) is 9.59 Å². The van der Waals surface area contributed by atoms with Gasteiger partial charge in [-0.2, -0.15) is 0 Å². The molecular weight excluding hydrogens is 252 g/mol. The molecule has 20 heavy (non-hydrogen) atoms. The molecule has 0 heterocycles. The third kappa shape index (κ3) is 6.11. The van der Waals surface area contributed by atoms with Crippen molar-refractivity contribution in [2.45, 2.75) is 52.7 Å². The van der Waals surface area contributed by atoms with Gasteiger partial charge in [0.15, 0.2) is 0 Å². The van der Waals surface area contributed by atoms with Crippen LogP contribution < -0.4 is 0 Å². The minimum absolute atomic E-state index is 0.0155. The zero-order valence-electron chi connectivity index (χ0n) is 12.6. The number of carbonyl (C=O) groups is 2. The molecule has 0 amide bonds.